The van der Waals surface area contributed by atoms with Crippen LogP contribution in [0.3, 0.4) is 0 Å². The minimum Gasteiger partial charge on any atom is -0.301 e. The fourth-order valence-electron chi connectivity index (χ4n) is 1.32. The summed E-state index contributed by atoms with van der Waals surface area (Å²) in [5.41, 5.74) is 2.05. The molecular formula is C10H16N4. The molecule has 0 radical (unpaired) electrons. The van der Waals surface area contributed by atoms with E-state index >= 15 is 0 Å². The smallest absolute Gasteiger partial charge is 0.0806 e. The van der Waals surface area contributed by atoms with Crippen LogP contribution in [0.15, 0.2) is 6.20 Å². The van der Waals surface area contributed by atoms with Crippen LogP contribution in [0, 0.1) is 11.3 Å². The van der Waals surface area contributed by atoms with Crippen molar-refractivity contribution < 1.29 is 0 Å². The van der Waals surface area contributed by atoms with Gasteiger partial charge in [-0.1, -0.05) is 6.92 Å². The molecule has 1 heterocycles. The third kappa shape index (κ3) is 2.57. The van der Waals surface area contributed by atoms with E-state index in [4.69, 9.17) is 5.26 Å². The SMILES string of the molecule is CCN(C)Cc1nn(C)cc1CC#N. The van der Waals surface area contributed by atoms with E-state index < -0.39 is 0 Å². The summed E-state index contributed by atoms with van der Waals surface area (Å²) in [7, 11) is 3.93. The highest BCUT2D eigenvalue weighted by atomic mass is 15.3. The number of nitrogens with zero attached hydrogens (tertiary/aromatic N) is 4. The van der Waals surface area contributed by atoms with E-state index in [1.807, 2.05) is 20.3 Å². The molecule has 0 saturated carbocycles. The number of hydrogen-bond acceptors (Lipinski definition) is 3. The van der Waals surface area contributed by atoms with Gasteiger partial charge in [0.15, 0.2) is 0 Å². The Kier molecular flexibility index (Phi) is 3.66. The van der Waals surface area contributed by atoms with E-state index in [1.54, 1.807) is 4.68 Å². The zero-order valence-corrected chi connectivity index (χ0v) is 8.99. The van der Waals surface area contributed by atoms with Gasteiger partial charge in [0.05, 0.1) is 18.2 Å². The normalized spacial score (nSPS) is 10.5. The van der Waals surface area contributed by atoms with Gasteiger partial charge < -0.3 is 4.90 Å². The van der Waals surface area contributed by atoms with Crippen molar-refractivity contribution >= 4 is 0 Å². The van der Waals surface area contributed by atoms with Crippen LogP contribution < -0.4 is 0 Å². The molecule has 1 aromatic rings. The van der Waals surface area contributed by atoms with Crippen LogP contribution >= 0.6 is 0 Å². The average molecular weight is 192 g/mol. The van der Waals surface area contributed by atoms with E-state index in [0.29, 0.717) is 6.42 Å². The number of rotatable bonds is 4. The molecule has 0 aliphatic rings. The summed E-state index contributed by atoms with van der Waals surface area (Å²) in [5.74, 6) is 0. The van der Waals surface area contributed by atoms with E-state index in [-0.39, 0.29) is 0 Å². The lowest BCUT2D eigenvalue weighted by Gasteiger charge is -2.12. The molecule has 0 bridgehead atoms. The number of aromatic nitrogens is 2. The highest BCUT2D eigenvalue weighted by Crippen LogP contribution is 2.08. The van der Waals surface area contributed by atoms with Gasteiger partial charge in [0.25, 0.3) is 0 Å². The third-order valence-electron chi connectivity index (χ3n) is 2.22. The number of hydrogen-bond donors (Lipinski definition) is 0. The minimum absolute atomic E-state index is 0.445. The summed E-state index contributed by atoms with van der Waals surface area (Å²) >= 11 is 0. The standard InChI is InChI=1S/C10H16N4/c1-4-13(2)8-10-9(5-6-11)7-14(3)12-10/h7H,4-5,8H2,1-3H3. The predicted octanol–water partition coefficient (Wildman–Crippen LogP) is 0.938. The Morgan fingerprint density at radius 1 is 1.64 bits per heavy atom. The molecule has 76 valence electrons. The summed E-state index contributed by atoms with van der Waals surface area (Å²) in [6.07, 6.45) is 2.36. The predicted molar refractivity (Wildman–Crippen MR) is 54.5 cm³/mol. The van der Waals surface area contributed by atoms with Gasteiger partial charge >= 0.3 is 0 Å². The highest BCUT2D eigenvalue weighted by molar-refractivity contribution is 5.20. The second-order valence-corrected chi connectivity index (χ2v) is 3.44. The Labute approximate surface area is 84.7 Å². The van der Waals surface area contributed by atoms with Gasteiger partial charge in [-0.15, -0.1) is 0 Å². The van der Waals surface area contributed by atoms with Gasteiger partial charge in [-0.2, -0.15) is 10.4 Å². The largest absolute Gasteiger partial charge is 0.301 e. The van der Waals surface area contributed by atoms with Crippen molar-refractivity contribution in [1.82, 2.24) is 14.7 Å². The van der Waals surface area contributed by atoms with Crippen molar-refractivity contribution in [2.45, 2.75) is 19.9 Å². The molecule has 4 nitrogen and oxygen atoms in total. The molecule has 0 saturated heterocycles. The first kappa shape index (κ1) is 10.7. The van der Waals surface area contributed by atoms with Crippen LogP contribution in [0.5, 0.6) is 0 Å². The molecule has 1 aromatic heterocycles. The summed E-state index contributed by atoms with van der Waals surface area (Å²) in [4.78, 5) is 2.17. The topological polar surface area (TPSA) is 44.9 Å². The fraction of sp³-hybridized carbons (Fsp3) is 0.600. The summed E-state index contributed by atoms with van der Waals surface area (Å²) in [6, 6.07) is 2.16. The second-order valence-electron chi connectivity index (χ2n) is 3.44. The van der Waals surface area contributed by atoms with Crippen LogP contribution in [-0.4, -0.2) is 28.3 Å². The Hall–Kier alpha value is -1.34. The van der Waals surface area contributed by atoms with Gasteiger partial charge in [-0.25, -0.2) is 0 Å². The van der Waals surface area contributed by atoms with E-state index in [1.165, 1.54) is 0 Å². The van der Waals surface area contributed by atoms with Crippen LogP contribution in [0.1, 0.15) is 18.2 Å². The van der Waals surface area contributed by atoms with Gasteiger partial charge in [-0.05, 0) is 13.6 Å². The highest BCUT2D eigenvalue weighted by Gasteiger charge is 2.08. The maximum atomic E-state index is 8.64. The summed E-state index contributed by atoms with van der Waals surface area (Å²) < 4.78 is 1.77. The van der Waals surface area contributed by atoms with Crippen molar-refractivity contribution in [3.63, 3.8) is 0 Å². The molecule has 14 heavy (non-hydrogen) atoms. The van der Waals surface area contributed by atoms with Crippen molar-refractivity contribution in [1.29, 1.82) is 5.26 Å². The van der Waals surface area contributed by atoms with Gasteiger partial charge in [0, 0.05) is 25.4 Å². The maximum absolute atomic E-state index is 8.64. The Morgan fingerprint density at radius 2 is 2.36 bits per heavy atom. The van der Waals surface area contributed by atoms with Crippen LogP contribution in [-0.2, 0) is 20.0 Å². The maximum Gasteiger partial charge on any atom is 0.0806 e. The van der Waals surface area contributed by atoms with Crippen LogP contribution in [0.25, 0.3) is 0 Å². The van der Waals surface area contributed by atoms with Crippen LogP contribution in [0.2, 0.25) is 0 Å². The first-order chi connectivity index (χ1) is 6.67. The molecular weight excluding hydrogens is 176 g/mol. The Morgan fingerprint density at radius 3 is 2.93 bits per heavy atom. The molecule has 0 N–H and O–H groups in total. The zero-order chi connectivity index (χ0) is 10.6. The van der Waals surface area contributed by atoms with E-state index in [0.717, 1.165) is 24.3 Å². The van der Waals surface area contributed by atoms with Gasteiger partial charge in [-0.3, -0.25) is 4.68 Å². The average Bonchev–Trinajstić information content (AvgIpc) is 2.47. The Bertz CT molecular complexity index is 334. The minimum atomic E-state index is 0.445. The van der Waals surface area contributed by atoms with Crippen LogP contribution in [0.4, 0.5) is 0 Å². The fourth-order valence-corrected chi connectivity index (χ4v) is 1.32. The number of nitriles is 1. The quantitative estimate of drug-likeness (QED) is 0.713. The van der Waals surface area contributed by atoms with Gasteiger partial charge in [0.2, 0.25) is 0 Å². The van der Waals surface area contributed by atoms with Crippen molar-refractivity contribution in [2.75, 3.05) is 13.6 Å². The lowest BCUT2D eigenvalue weighted by atomic mass is 10.2. The molecule has 0 atom stereocenters. The molecule has 0 spiro atoms. The lowest BCUT2D eigenvalue weighted by molar-refractivity contribution is 0.339. The molecule has 0 amide bonds. The molecule has 0 unspecified atom stereocenters. The van der Waals surface area contributed by atoms with Gasteiger partial charge in [0.1, 0.15) is 0 Å². The molecule has 0 aliphatic carbocycles. The number of aryl methyl sites for hydroxylation is 1. The summed E-state index contributed by atoms with van der Waals surface area (Å²) in [6.45, 7) is 3.91. The molecule has 0 aliphatic heterocycles. The summed E-state index contributed by atoms with van der Waals surface area (Å²) in [5, 5.41) is 13.0. The Balaban J connectivity index is 2.79. The first-order valence-electron chi connectivity index (χ1n) is 4.74. The third-order valence-corrected chi connectivity index (χ3v) is 2.22. The van der Waals surface area contributed by atoms with E-state index in [2.05, 4.69) is 23.0 Å². The molecule has 4 heteroatoms. The first-order valence-corrected chi connectivity index (χ1v) is 4.74. The van der Waals surface area contributed by atoms with Crippen molar-refractivity contribution in [3.8, 4) is 6.07 Å². The van der Waals surface area contributed by atoms with Crippen molar-refractivity contribution in [3.05, 3.63) is 17.5 Å². The lowest BCUT2D eigenvalue weighted by Crippen LogP contribution is -2.18. The zero-order valence-electron chi connectivity index (χ0n) is 8.99. The molecule has 0 aromatic carbocycles. The second kappa shape index (κ2) is 4.77. The van der Waals surface area contributed by atoms with E-state index in [9.17, 15) is 0 Å². The van der Waals surface area contributed by atoms with Crippen molar-refractivity contribution in [2.24, 2.45) is 7.05 Å². The molecule has 1 rings (SSSR count). The molecule has 0 fully saturated rings. The monoisotopic (exact) mass is 192 g/mol.